The van der Waals surface area contributed by atoms with Gasteiger partial charge in [-0.05, 0) is 31.5 Å². The highest BCUT2D eigenvalue weighted by atomic mass is 35.5. The summed E-state index contributed by atoms with van der Waals surface area (Å²) in [5.41, 5.74) is 0.284. The van der Waals surface area contributed by atoms with Crippen molar-refractivity contribution in [3.63, 3.8) is 0 Å². The molecule has 1 aliphatic rings. The van der Waals surface area contributed by atoms with Gasteiger partial charge in [-0.3, -0.25) is 14.5 Å². The third kappa shape index (κ3) is 4.65. The van der Waals surface area contributed by atoms with Gasteiger partial charge in [0.25, 0.3) is 0 Å². The summed E-state index contributed by atoms with van der Waals surface area (Å²) in [5.74, 6) is -1.88. The summed E-state index contributed by atoms with van der Waals surface area (Å²) >= 11 is 5.97. The van der Waals surface area contributed by atoms with Gasteiger partial charge in [-0.25, -0.2) is 4.39 Å². The van der Waals surface area contributed by atoms with E-state index in [2.05, 4.69) is 0 Å². The fraction of sp³-hybridized carbons (Fsp3) is 0.500. The van der Waals surface area contributed by atoms with E-state index in [0.29, 0.717) is 19.5 Å². The molecule has 0 spiro atoms. The lowest BCUT2D eigenvalue weighted by atomic mass is 9.98. The molecule has 1 saturated heterocycles. The number of likely N-dealkylation sites (N-methyl/N-ethyl adjacent to an activating group) is 1. The largest absolute Gasteiger partial charge is 0.481 e. The van der Waals surface area contributed by atoms with Crippen molar-refractivity contribution < 1.29 is 19.1 Å². The van der Waals surface area contributed by atoms with Crippen LogP contribution in [0.15, 0.2) is 18.2 Å². The van der Waals surface area contributed by atoms with Crippen molar-refractivity contribution in [2.24, 2.45) is 5.92 Å². The minimum atomic E-state index is -0.825. The number of hydrogen-bond donors (Lipinski definition) is 1. The molecule has 0 radical (unpaired) electrons. The smallest absolute Gasteiger partial charge is 0.307 e. The van der Waals surface area contributed by atoms with E-state index >= 15 is 0 Å². The van der Waals surface area contributed by atoms with E-state index in [1.165, 1.54) is 17.0 Å². The Morgan fingerprint density at radius 3 is 2.87 bits per heavy atom. The molecular weight excluding hydrogens is 323 g/mol. The number of aliphatic carboxylic acids is 1. The highest BCUT2D eigenvalue weighted by molar-refractivity contribution is 6.31. The molecule has 1 aromatic carbocycles. The van der Waals surface area contributed by atoms with Crippen molar-refractivity contribution >= 4 is 23.5 Å². The minimum absolute atomic E-state index is 0.0839. The Bertz CT molecular complexity index is 576. The van der Waals surface area contributed by atoms with Crippen molar-refractivity contribution in [1.29, 1.82) is 0 Å². The lowest BCUT2D eigenvalue weighted by molar-refractivity contribution is -0.144. The molecule has 0 bridgehead atoms. The molecule has 1 amide bonds. The van der Waals surface area contributed by atoms with Crippen LogP contribution in [0.3, 0.4) is 0 Å². The van der Waals surface area contributed by atoms with Crippen molar-refractivity contribution in [2.75, 3.05) is 26.7 Å². The van der Waals surface area contributed by atoms with Crippen LogP contribution in [-0.4, -0.2) is 53.5 Å². The molecule has 0 saturated carbocycles. The number of nitrogens with zero attached hydrogens (tertiary/aromatic N) is 2. The second-order valence-corrected chi connectivity index (χ2v) is 6.27. The Balaban J connectivity index is 1.94. The predicted octanol–water partition coefficient (Wildman–Crippen LogP) is 2.23. The molecule has 1 heterocycles. The van der Waals surface area contributed by atoms with Gasteiger partial charge in [0.05, 0.1) is 12.5 Å². The Morgan fingerprint density at radius 2 is 2.22 bits per heavy atom. The zero-order chi connectivity index (χ0) is 17.0. The van der Waals surface area contributed by atoms with Crippen LogP contribution < -0.4 is 0 Å². The van der Waals surface area contributed by atoms with Gasteiger partial charge in [0.2, 0.25) is 5.91 Å². The first kappa shape index (κ1) is 17.7. The summed E-state index contributed by atoms with van der Waals surface area (Å²) in [5, 5.41) is 9.36. The second kappa shape index (κ2) is 7.75. The van der Waals surface area contributed by atoms with Crippen LogP contribution in [0.5, 0.6) is 0 Å². The van der Waals surface area contributed by atoms with Gasteiger partial charge in [0.15, 0.2) is 0 Å². The topological polar surface area (TPSA) is 60.9 Å². The number of carboxylic acids is 1. The first-order valence-electron chi connectivity index (χ1n) is 7.50. The molecule has 0 aliphatic carbocycles. The fourth-order valence-corrected chi connectivity index (χ4v) is 2.94. The number of carbonyl (C=O) groups is 2. The maximum absolute atomic E-state index is 13.8. The Hall–Kier alpha value is -1.66. The van der Waals surface area contributed by atoms with Crippen molar-refractivity contribution in [3.05, 3.63) is 34.6 Å². The molecule has 1 N–H and O–H groups in total. The van der Waals surface area contributed by atoms with E-state index in [9.17, 15) is 14.0 Å². The van der Waals surface area contributed by atoms with Gasteiger partial charge < -0.3 is 10.0 Å². The van der Waals surface area contributed by atoms with Crippen LogP contribution in [0.4, 0.5) is 4.39 Å². The summed E-state index contributed by atoms with van der Waals surface area (Å²) in [6.07, 6.45) is 1.40. The van der Waals surface area contributed by atoms with E-state index in [4.69, 9.17) is 16.7 Å². The van der Waals surface area contributed by atoms with Crippen molar-refractivity contribution in [1.82, 2.24) is 9.80 Å². The van der Waals surface area contributed by atoms with Crippen molar-refractivity contribution in [3.8, 4) is 0 Å². The standard InChI is InChI=1S/C16H20ClFN2O3/c1-19(9-12-13(17)5-2-6-14(12)18)15(21)10-20-7-3-4-11(8-20)16(22)23/h2,5-6,11H,3-4,7-10H2,1H3,(H,22,23). The number of hydrogen-bond acceptors (Lipinski definition) is 3. The normalized spacial score (nSPS) is 18.7. The lowest BCUT2D eigenvalue weighted by Crippen LogP contribution is -2.44. The SMILES string of the molecule is CN(Cc1c(F)cccc1Cl)C(=O)CN1CCCC(C(=O)O)C1. The van der Waals surface area contributed by atoms with E-state index < -0.39 is 17.7 Å². The summed E-state index contributed by atoms with van der Waals surface area (Å²) < 4.78 is 13.8. The number of benzene rings is 1. The molecule has 0 aromatic heterocycles. The predicted molar refractivity (Wildman–Crippen MR) is 84.7 cm³/mol. The number of halogens is 2. The van der Waals surface area contributed by atoms with Gasteiger partial charge in [0, 0.05) is 30.7 Å². The molecule has 7 heteroatoms. The molecule has 1 fully saturated rings. The molecule has 2 rings (SSSR count). The minimum Gasteiger partial charge on any atom is -0.481 e. The number of piperidine rings is 1. The first-order chi connectivity index (χ1) is 10.9. The van der Waals surface area contributed by atoms with Crippen LogP contribution in [-0.2, 0) is 16.1 Å². The van der Waals surface area contributed by atoms with E-state index in [0.717, 1.165) is 6.42 Å². The Morgan fingerprint density at radius 1 is 1.48 bits per heavy atom. The molecule has 23 heavy (non-hydrogen) atoms. The molecule has 5 nitrogen and oxygen atoms in total. The van der Waals surface area contributed by atoms with Crippen LogP contribution in [0.1, 0.15) is 18.4 Å². The third-order valence-corrected chi connectivity index (χ3v) is 4.45. The fourth-order valence-electron chi connectivity index (χ4n) is 2.72. The van der Waals surface area contributed by atoms with E-state index in [1.807, 2.05) is 4.90 Å². The van der Waals surface area contributed by atoms with Crippen LogP contribution >= 0.6 is 11.6 Å². The number of rotatable bonds is 5. The molecule has 1 atom stereocenters. The molecule has 1 unspecified atom stereocenters. The number of carbonyl (C=O) groups excluding carboxylic acids is 1. The zero-order valence-electron chi connectivity index (χ0n) is 13.0. The van der Waals surface area contributed by atoms with Gasteiger partial charge >= 0.3 is 5.97 Å². The summed E-state index contributed by atoms with van der Waals surface area (Å²) in [6, 6.07) is 4.41. The third-order valence-electron chi connectivity index (χ3n) is 4.10. The van der Waals surface area contributed by atoms with Crippen molar-refractivity contribution in [2.45, 2.75) is 19.4 Å². The monoisotopic (exact) mass is 342 g/mol. The quantitative estimate of drug-likeness (QED) is 0.891. The highest BCUT2D eigenvalue weighted by Gasteiger charge is 2.27. The number of carboxylic acid groups (broad SMARTS) is 1. The molecular formula is C16H20ClFN2O3. The van der Waals surface area contributed by atoms with Crippen LogP contribution in [0.2, 0.25) is 5.02 Å². The summed E-state index contributed by atoms with van der Waals surface area (Å²) in [4.78, 5) is 26.6. The Labute approximate surface area is 139 Å². The second-order valence-electron chi connectivity index (χ2n) is 5.86. The average Bonchev–Trinajstić information content (AvgIpc) is 2.51. The van der Waals surface area contributed by atoms with Gasteiger partial charge in [-0.15, -0.1) is 0 Å². The van der Waals surface area contributed by atoms with E-state index in [1.54, 1.807) is 13.1 Å². The van der Waals surface area contributed by atoms with Gasteiger partial charge in [-0.2, -0.15) is 0 Å². The zero-order valence-corrected chi connectivity index (χ0v) is 13.7. The molecule has 126 valence electrons. The first-order valence-corrected chi connectivity index (χ1v) is 7.88. The highest BCUT2D eigenvalue weighted by Crippen LogP contribution is 2.21. The lowest BCUT2D eigenvalue weighted by Gasteiger charge is -2.31. The summed E-state index contributed by atoms with van der Waals surface area (Å²) in [7, 11) is 1.59. The van der Waals surface area contributed by atoms with E-state index in [-0.39, 0.29) is 29.6 Å². The maximum Gasteiger partial charge on any atom is 0.307 e. The van der Waals surface area contributed by atoms with Crippen LogP contribution in [0, 0.1) is 11.7 Å². The van der Waals surface area contributed by atoms with Gasteiger partial charge in [-0.1, -0.05) is 17.7 Å². The maximum atomic E-state index is 13.8. The van der Waals surface area contributed by atoms with Crippen LogP contribution in [0.25, 0.3) is 0 Å². The summed E-state index contributed by atoms with van der Waals surface area (Å²) in [6.45, 7) is 1.28. The number of amides is 1. The Kier molecular flexibility index (Phi) is 5.96. The molecule has 1 aliphatic heterocycles. The molecule has 1 aromatic rings. The number of likely N-dealkylation sites (tertiary alicyclic amines) is 1. The average molecular weight is 343 g/mol. The van der Waals surface area contributed by atoms with Gasteiger partial charge in [0.1, 0.15) is 5.82 Å².